The van der Waals surface area contributed by atoms with Crippen LogP contribution in [0.1, 0.15) is 18.5 Å². The molecule has 0 bridgehead atoms. The van der Waals surface area contributed by atoms with Gasteiger partial charge in [0.2, 0.25) is 12.7 Å². The van der Waals surface area contributed by atoms with Crippen molar-refractivity contribution in [3.63, 3.8) is 0 Å². The number of ether oxygens (including phenoxy) is 2. The van der Waals surface area contributed by atoms with Crippen LogP contribution < -0.4 is 14.8 Å². The van der Waals surface area contributed by atoms with E-state index >= 15 is 0 Å². The number of carbonyl (C=O) groups is 1. The van der Waals surface area contributed by atoms with E-state index in [9.17, 15) is 4.79 Å². The largest absolute Gasteiger partial charge is 0.454 e. The zero-order valence-corrected chi connectivity index (χ0v) is 18.7. The Kier molecular flexibility index (Phi) is 5.95. The molecule has 0 radical (unpaired) electrons. The third-order valence-electron chi connectivity index (χ3n) is 5.17. The fourth-order valence-electron chi connectivity index (χ4n) is 3.53. The first-order valence-electron chi connectivity index (χ1n) is 10.4. The third kappa shape index (κ3) is 4.54. The summed E-state index contributed by atoms with van der Waals surface area (Å²) < 4.78 is 12.7. The number of aromatic nitrogens is 4. The Labute approximate surface area is 195 Å². The Balaban J connectivity index is 1.31. The molecular formula is C24H21N5O3S. The first-order chi connectivity index (χ1) is 16.2. The van der Waals surface area contributed by atoms with Crippen molar-refractivity contribution in [3.8, 4) is 28.6 Å². The molecule has 33 heavy (non-hydrogen) atoms. The lowest BCUT2D eigenvalue weighted by molar-refractivity contribution is -0.119. The Bertz CT molecular complexity index is 1260. The topological polar surface area (TPSA) is 91.2 Å². The SMILES string of the molecule is C[C@H](NC(=O)CSc1nnc(-c2cccnc2)n1-c1ccccc1)c1ccc2c(c1)OCO2. The lowest BCUT2D eigenvalue weighted by Gasteiger charge is -2.15. The molecule has 8 nitrogen and oxygen atoms in total. The van der Waals surface area contributed by atoms with Gasteiger partial charge in [-0.2, -0.15) is 0 Å². The second kappa shape index (κ2) is 9.33. The molecule has 0 saturated heterocycles. The van der Waals surface area contributed by atoms with Crippen LogP contribution in [0.5, 0.6) is 11.5 Å². The maximum atomic E-state index is 12.7. The summed E-state index contributed by atoms with van der Waals surface area (Å²) >= 11 is 1.33. The Hall–Kier alpha value is -3.85. The van der Waals surface area contributed by atoms with E-state index in [4.69, 9.17) is 9.47 Å². The first kappa shape index (κ1) is 21.0. The molecule has 1 amide bonds. The monoisotopic (exact) mass is 459 g/mol. The zero-order chi connectivity index (χ0) is 22.6. The number of thioether (sulfide) groups is 1. The van der Waals surface area contributed by atoms with Gasteiger partial charge >= 0.3 is 0 Å². The van der Waals surface area contributed by atoms with Gasteiger partial charge in [-0.05, 0) is 48.9 Å². The predicted molar refractivity (Wildman–Crippen MR) is 124 cm³/mol. The summed E-state index contributed by atoms with van der Waals surface area (Å²) in [4.78, 5) is 16.9. The van der Waals surface area contributed by atoms with Crippen molar-refractivity contribution in [2.45, 2.75) is 18.1 Å². The second-order valence-corrected chi connectivity index (χ2v) is 8.35. The molecule has 1 aliphatic rings. The van der Waals surface area contributed by atoms with Gasteiger partial charge in [-0.25, -0.2) is 0 Å². The van der Waals surface area contributed by atoms with Gasteiger partial charge in [-0.1, -0.05) is 36.0 Å². The van der Waals surface area contributed by atoms with Gasteiger partial charge in [-0.15, -0.1) is 10.2 Å². The minimum atomic E-state index is -0.175. The number of nitrogens with zero attached hydrogens (tertiary/aromatic N) is 4. The molecule has 5 rings (SSSR count). The van der Waals surface area contributed by atoms with Crippen molar-refractivity contribution in [2.24, 2.45) is 0 Å². The van der Waals surface area contributed by atoms with Crippen LogP contribution in [0, 0.1) is 0 Å². The Morgan fingerprint density at radius 2 is 1.94 bits per heavy atom. The molecule has 4 aromatic rings. The van der Waals surface area contributed by atoms with Crippen molar-refractivity contribution in [1.82, 2.24) is 25.1 Å². The van der Waals surface area contributed by atoms with Crippen LogP contribution in [0.25, 0.3) is 17.1 Å². The van der Waals surface area contributed by atoms with Crippen LogP contribution in [0.4, 0.5) is 0 Å². The van der Waals surface area contributed by atoms with Crippen LogP contribution >= 0.6 is 11.8 Å². The van der Waals surface area contributed by atoms with E-state index in [2.05, 4.69) is 20.5 Å². The van der Waals surface area contributed by atoms with E-state index in [1.54, 1.807) is 12.4 Å². The van der Waals surface area contributed by atoms with Crippen LogP contribution in [-0.2, 0) is 4.79 Å². The molecule has 0 saturated carbocycles. The van der Waals surface area contributed by atoms with E-state index in [0.717, 1.165) is 22.6 Å². The molecule has 166 valence electrons. The van der Waals surface area contributed by atoms with Gasteiger partial charge in [0.1, 0.15) is 0 Å². The predicted octanol–water partition coefficient (Wildman–Crippen LogP) is 4.03. The van der Waals surface area contributed by atoms with E-state index in [-0.39, 0.29) is 24.5 Å². The van der Waals surface area contributed by atoms with Gasteiger partial charge in [0.15, 0.2) is 22.5 Å². The van der Waals surface area contributed by atoms with E-state index in [1.165, 1.54) is 11.8 Å². The number of amides is 1. The number of nitrogens with one attached hydrogen (secondary N) is 1. The van der Waals surface area contributed by atoms with Gasteiger partial charge < -0.3 is 14.8 Å². The Morgan fingerprint density at radius 3 is 2.76 bits per heavy atom. The molecule has 0 aliphatic carbocycles. The molecule has 1 N–H and O–H groups in total. The van der Waals surface area contributed by atoms with Crippen molar-refractivity contribution in [1.29, 1.82) is 0 Å². The molecule has 2 aromatic carbocycles. The van der Waals surface area contributed by atoms with Crippen LogP contribution in [0.15, 0.2) is 78.2 Å². The highest BCUT2D eigenvalue weighted by Crippen LogP contribution is 2.34. The summed E-state index contributed by atoms with van der Waals surface area (Å²) in [6.07, 6.45) is 3.46. The first-order valence-corrected chi connectivity index (χ1v) is 11.4. The molecule has 0 unspecified atom stereocenters. The lowest BCUT2D eigenvalue weighted by Crippen LogP contribution is -2.28. The average molecular weight is 460 g/mol. The lowest BCUT2D eigenvalue weighted by atomic mass is 10.1. The zero-order valence-electron chi connectivity index (χ0n) is 17.8. The number of para-hydroxylation sites is 1. The highest BCUT2D eigenvalue weighted by Gasteiger charge is 2.19. The fourth-order valence-corrected chi connectivity index (χ4v) is 4.30. The number of hydrogen-bond donors (Lipinski definition) is 1. The Morgan fingerprint density at radius 1 is 1.09 bits per heavy atom. The van der Waals surface area contributed by atoms with E-state index in [1.807, 2.05) is 72.2 Å². The number of pyridine rings is 1. The number of hydrogen-bond acceptors (Lipinski definition) is 7. The van der Waals surface area contributed by atoms with Crippen molar-refractivity contribution < 1.29 is 14.3 Å². The molecule has 0 fully saturated rings. The van der Waals surface area contributed by atoms with Crippen molar-refractivity contribution >= 4 is 17.7 Å². The highest BCUT2D eigenvalue weighted by molar-refractivity contribution is 7.99. The average Bonchev–Trinajstić information content (AvgIpc) is 3.50. The van der Waals surface area contributed by atoms with Gasteiger partial charge in [-0.3, -0.25) is 14.3 Å². The molecule has 3 heterocycles. The van der Waals surface area contributed by atoms with Gasteiger partial charge in [0, 0.05) is 23.6 Å². The van der Waals surface area contributed by atoms with Gasteiger partial charge in [0.25, 0.3) is 0 Å². The summed E-state index contributed by atoms with van der Waals surface area (Å²) in [5.74, 6) is 2.19. The molecule has 2 aromatic heterocycles. The fraction of sp³-hybridized carbons (Fsp3) is 0.167. The van der Waals surface area contributed by atoms with E-state index in [0.29, 0.717) is 16.7 Å². The normalized spacial score (nSPS) is 13.0. The summed E-state index contributed by atoms with van der Waals surface area (Å²) in [6.45, 7) is 2.16. The summed E-state index contributed by atoms with van der Waals surface area (Å²) in [5, 5.41) is 12.4. The quantitative estimate of drug-likeness (QED) is 0.417. The molecule has 1 aliphatic heterocycles. The third-order valence-corrected chi connectivity index (χ3v) is 6.10. The van der Waals surface area contributed by atoms with Crippen LogP contribution in [-0.4, -0.2) is 38.2 Å². The molecular weight excluding hydrogens is 438 g/mol. The van der Waals surface area contributed by atoms with Crippen LogP contribution in [0.3, 0.4) is 0 Å². The summed E-state index contributed by atoms with van der Waals surface area (Å²) in [5.41, 5.74) is 2.71. The maximum absolute atomic E-state index is 12.7. The molecule has 1 atom stereocenters. The maximum Gasteiger partial charge on any atom is 0.231 e. The number of carbonyl (C=O) groups excluding carboxylic acids is 1. The number of benzene rings is 2. The second-order valence-electron chi connectivity index (χ2n) is 7.41. The minimum absolute atomic E-state index is 0.101. The number of rotatable bonds is 7. The van der Waals surface area contributed by atoms with Gasteiger partial charge in [0.05, 0.1) is 11.8 Å². The minimum Gasteiger partial charge on any atom is -0.454 e. The van der Waals surface area contributed by atoms with E-state index < -0.39 is 0 Å². The van der Waals surface area contributed by atoms with Crippen molar-refractivity contribution in [2.75, 3.05) is 12.5 Å². The van der Waals surface area contributed by atoms with Crippen LogP contribution in [0.2, 0.25) is 0 Å². The standard InChI is InChI=1S/C24H21N5O3S/c1-16(17-9-10-20-21(12-17)32-15-31-20)26-22(30)14-33-24-28-27-23(18-6-5-11-25-13-18)29(24)19-7-3-2-4-8-19/h2-13,16H,14-15H2,1H3,(H,26,30)/t16-/m0/s1. The molecule has 0 spiro atoms. The summed E-state index contributed by atoms with van der Waals surface area (Å²) in [7, 11) is 0. The molecule has 9 heteroatoms. The van der Waals surface area contributed by atoms with Crippen molar-refractivity contribution in [3.05, 3.63) is 78.6 Å². The highest BCUT2D eigenvalue weighted by atomic mass is 32.2. The summed E-state index contributed by atoms with van der Waals surface area (Å²) in [6, 6.07) is 19.1. The smallest absolute Gasteiger partial charge is 0.231 e. The number of fused-ring (bicyclic) bond motifs is 1.